The molecule has 1 rings (SSSR count). The van der Waals surface area contributed by atoms with E-state index in [1.807, 2.05) is 13.8 Å². The Bertz CT molecular complexity index is 404. The fraction of sp³-hybridized carbons (Fsp3) is 0.364. The molecule has 16 heavy (non-hydrogen) atoms. The van der Waals surface area contributed by atoms with Crippen molar-refractivity contribution in [2.24, 2.45) is 5.92 Å². The van der Waals surface area contributed by atoms with Crippen LogP contribution in [0.2, 0.25) is 5.02 Å². The van der Waals surface area contributed by atoms with E-state index in [0.717, 1.165) is 12.1 Å². The lowest BCUT2D eigenvalue weighted by atomic mass is 10.2. The van der Waals surface area contributed by atoms with Gasteiger partial charge in [-0.2, -0.15) is 0 Å². The topological polar surface area (TPSA) is 46.5 Å². The number of carboxylic acid groups (broad SMARTS) is 1. The Kier molecular flexibility index (Phi) is 4.12. The maximum absolute atomic E-state index is 13.0. The average molecular weight is 247 g/mol. The fourth-order valence-corrected chi connectivity index (χ4v) is 1.38. The van der Waals surface area contributed by atoms with Gasteiger partial charge in [-0.1, -0.05) is 25.4 Å². The molecular weight excluding hydrogens is 235 g/mol. The zero-order chi connectivity index (χ0) is 12.3. The van der Waals surface area contributed by atoms with Gasteiger partial charge in [0.2, 0.25) is 0 Å². The van der Waals surface area contributed by atoms with Crippen molar-refractivity contribution in [1.29, 1.82) is 0 Å². The summed E-state index contributed by atoms with van der Waals surface area (Å²) in [5.74, 6) is -1.72. The largest absolute Gasteiger partial charge is 0.491 e. The van der Waals surface area contributed by atoms with Crippen LogP contribution in [0.15, 0.2) is 12.1 Å². The summed E-state index contributed by atoms with van der Waals surface area (Å²) in [6.07, 6.45) is 0. The predicted molar refractivity (Wildman–Crippen MR) is 58.7 cm³/mol. The van der Waals surface area contributed by atoms with E-state index in [1.54, 1.807) is 0 Å². The van der Waals surface area contributed by atoms with Gasteiger partial charge in [0.05, 0.1) is 11.6 Å². The number of benzene rings is 1. The van der Waals surface area contributed by atoms with Crippen molar-refractivity contribution >= 4 is 17.6 Å². The lowest BCUT2D eigenvalue weighted by Gasteiger charge is -2.12. The zero-order valence-electron chi connectivity index (χ0n) is 8.96. The molecule has 1 N–H and O–H groups in total. The van der Waals surface area contributed by atoms with E-state index in [2.05, 4.69) is 0 Å². The van der Waals surface area contributed by atoms with Crippen molar-refractivity contribution in [3.05, 3.63) is 28.5 Å². The molecule has 0 amide bonds. The van der Waals surface area contributed by atoms with Crippen LogP contribution in [0.5, 0.6) is 5.75 Å². The molecule has 0 heterocycles. The van der Waals surface area contributed by atoms with Crippen LogP contribution in [0.1, 0.15) is 24.2 Å². The molecule has 0 aliphatic carbocycles. The molecule has 88 valence electrons. The Hall–Kier alpha value is -1.29. The smallest absolute Gasteiger partial charge is 0.339 e. The summed E-state index contributed by atoms with van der Waals surface area (Å²) in [6, 6.07) is 1.92. The third-order valence-electron chi connectivity index (χ3n) is 1.80. The molecule has 1 aromatic carbocycles. The number of rotatable bonds is 4. The van der Waals surface area contributed by atoms with Crippen LogP contribution in [0, 0.1) is 11.7 Å². The first-order valence-corrected chi connectivity index (χ1v) is 5.14. The maximum atomic E-state index is 13.0. The summed E-state index contributed by atoms with van der Waals surface area (Å²) in [5.41, 5.74) is -0.259. The van der Waals surface area contributed by atoms with E-state index in [9.17, 15) is 9.18 Å². The van der Waals surface area contributed by atoms with Crippen LogP contribution in [-0.4, -0.2) is 17.7 Å². The number of aromatic carboxylic acids is 1. The number of halogens is 2. The van der Waals surface area contributed by atoms with Crippen molar-refractivity contribution in [3.8, 4) is 5.75 Å². The van der Waals surface area contributed by atoms with Gasteiger partial charge in [0.25, 0.3) is 0 Å². The van der Waals surface area contributed by atoms with Gasteiger partial charge in [0.15, 0.2) is 5.75 Å². The summed E-state index contributed by atoms with van der Waals surface area (Å²) >= 11 is 5.73. The van der Waals surface area contributed by atoms with Crippen LogP contribution in [0.3, 0.4) is 0 Å². The molecular formula is C11H12ClFO3. The first-order chi connectivity index (χ1) is 7.41. The Labute approximate surface area is 97.8 Å². The first kappa shape index (κ1) is 12.8. The van der Waals surface area contributed by atoms with E-state index in [-0.39, 0.29) is 22.3 Å². The van der Waals surface area contributed by atoms with E-state index in [4.69, 9.17) is 21.4 Å². The standard InChI is InChI=1S/C11H12ClFO3/c1-6(2)5-16-10-8(11(14)15)3-7(13)4-9(10)12/h3-4,6H,5H2,1-2H3,(H,14,15). The first-order valence-electron chi connectivity index (χ1n) is 4.77. The quantitative estimate of drug-likeness (QED) is 0.887. The minimum Gasteiger partial charge on any atom is -0.491 e. The monoisotopic (exact) mass is 246 g/mol. The van der Waals surface area contributed by atoms with Gasteiger partial charge in [-0.3, -0.25) is 0 Å². The predicted octanol–water partition coefficient (Wildman–Crippen LogP) is 3.21. The molecule has 0 spiro atoms. The second-order valence-corrected chi connectivity index (χ2v) is 4.18. The molecule has 3 nitrogen and oxygen atoms in total. The Morgan fingerprint density at radius 3 is 2.69 bits per heavy atom. The SMILES string of the molecule is CC(C)COc1c(Cl)cc(F)cc1C(=O)O. The molecule has 1 aromatic rings. The maximum Gasteiger partial charge on any atom is 0.339 e. The summed E-state index contributed by atoms with van der Waals surface area (Å²) in [4.78, 5) is 10.9. The summed E-state index contributed by atoms with van der Waals surface area (Å²) < 4.78 is 18.2. The molecule has 0 saturated heterocycles. The normalized spacial score (nSPS) is 10.6. The van der Waals surface area contributed by atoms with E-state index >= 15 is 0 Å². The van der Waals surface area contributed by atoms with Gasteiger partial charge in [-0.05, 0) is 18.1 Å². The molecule has 0 atom stereocenters. The second-order valence-electron chi connectivity index (χ2n) is 3.77. The third-order valence-corrected chi connectivity index (χ3v) is 2.08. The molecule has 0 aliphatic rings. The molecule has 5 heteroatoms. The van der Waals surface area contributed by atoms with Crippen molar-refractivity contribution < 1.29 is 19.0 Å². The van der Waals surface area contributed by atoms with Crippen molar-refractivity contribution in [1.82, 2.24) is 0 Å². The van der Waals surface area contributed by atoms with Crippen LogP contribution in [0.4, 0.5) is 4.39 Å². The molecule has 0 radical (unpaired) electrons. The van der Waals surface area contributed by atoms with Gasteiger partial charge < -0.3 is 9.84 Å². The highest BCUT2D eigenvalue weighted by molar-refractivity contribution is 6.32. The van der Waals surface area contributed by atoms with Crippen molar-refractivity contribution in [2.45, 2.75) is 13.8 Å². The van der Waals surface area contributed by atoms with Gasteiger partial charge >= 0.3 is 5.97 Å². The van der Waals surface area contributed by atoms with Crippen LogP contribution < -0.4 is 4.74 Å². The number of ether oxygens (including phenoxy) is 1. The number of hydrogen-bond donors (Lipinski definition) is 1. The van der Waals surface area contributed by atoms with Crippen molar-refractivity contribution in [3.63, 3.8) is 0 Å². The average Bonchev–Trinajstić information content (AvgIpc) is 2.14. The van der Waals surface area contributed by atoms with Crippen molar-refractivity contribution in [2.75, 3.05) is 6.61 Å². The number of carboxylic acids is 1. The van der Waals surface area contributed by atoms with Crippen LogP contribution in [0.25, 0.3) is 0 Å². The summed E-state index contributed by atoms with van der Waals surface area (Å²) in [6.45, 7) is 4.15. The van der Waals surface area contributed by atoms with E-state index < -0.39 is 11.8 Å². The van der Waals surface area contributed by atoms with E-state index in [1.165, 1.54) is 0 Å². The number of carbonyl (C=O) groups is 1. The molecule has 0 bridgehead atoms. The fourth-order valence-electron chi connectivity index (χ4n) is 1.12. The molecule has 0 aromatic heterocycles. The number of hydrogen-bond acceptors (Lipinski definition) is 2. The van der Waals surface area contributed by atoms with Crippen LogP contribution >= 0.6 is 11.6 Å². The minimum absolute atomic E-state index is 0.0178. The lowest BCUT2D eigenvalue weighted by Crippen LogP contribution is -2.09. The van der Waals surface area contributed by atoms with E-state index in [0.29, 0.717) is 6.61 Å². The molecule has 0 saturated carbocycles. The third kappa shape index (κ3) is 3.10. The zero-order valence-corrected chi connectivity index (χ0v) is 9.71. The summed E-state index contributed by atoms with van der Waals surface area (Å²) in [7, 11) is 0. The van der Waals surface area contributed by atoms with Gasteiger partial charge in [-0.15, -0.1) is 0 Å². The highest BCUT2D eigenvalue weighted by Gasteiger charge is 2.17. The van der Waals surface area contributed by atoms with Crippen LogP contribution in [-0.2, 0) is 0 Å². The van der Waals surface area contributed by atoms with Gasteiger partial charge in [-0.25, -0.2) is 9.18 Å². The Morgan fingerprint density at radius 2 is 2.19 bits per heavy atom. The Balaban J connectivity index is 3.09. The van der Waals surface area contributed by atoms with Gasteiger partial charge in [0.1, 0.15) is 11.4 Å². The van der Waals surface area contributed by atoms with Gasteiger partial charge in [0, 0.05) is 0 Å². The molecule has 0 fully saturated rings. The lowest BCUT2D eigenvalue weighted by molar-refractivity contribution is 0.0691. The molecule has 0 aliphatic heterocycles. The highest BCUT2D eigenvalue weighted by atomic mass is 35.5. The molecule has 0 unspecified atom stereocenters. The second kappa shape index (κ2) is 5.16. The minimum atomic E-state index is -1.26. The summed E-state index contributed by atoms with van der Waals surface area (Å²) in [5, 5.41) is 8.84. The highest BCUT2D eigenvalue weighted by Crippen LogP contribution is 2.30. The Morgan fingerprint density at radius 1 is 1.56 bits per heavy atom.